The molecule has 0 aliphatic heterocycles. The van der Waals surface area contributed by atoms with Crippen LogP contribution >= 0.6 is 0 Å². The molecule has 0 amide bonds. The van der Waals surface area contributed by atoms with Crippen LogP contribution in [0.5, 0.6) is 11.5 Å². The first-order valence-corrected chi connectivity index (χ1v) is 8.74. The molecule has 0 aliphatic carbocycles. The third-order valence-electron chi connectivity index (χ3n) is 3.53. The Kier molecular flexibility index (Phi) is 10.0. The number of ether oxygens (including phenoxy) is 1. The van der Waals surface area contributed by atoms with Gasteiger partial charge >= 0.3 is 5.97 Å². The second-order valence-electron chi connectivity index (χ2n) is 5.63. The van der Waals surface area contributed by atoms with Crippen molar-refractivity contribution in [2.24, 2.45) is 0 Å². The number of unbranched alkanes of at least 4 members (excludes halogenated alkanes) is 5. The van der Waals surface area contributed by atoms with E-state index in [-0.39, 0.29) is 11.3 Å². The minimum Gasteiger partial charge on any atom is -0.507 e. The van der Waals surface area contributed by atoms with Crippen molar-refractivity contribution < 1.29 is 14.6 Å². The predicted octanol–water partition coefficient (Wildman–Crippen LogP) is 5.98. The summed E-state index contributed by atoms with van der Waals surface area (Å²) < 4.78 is 5.08. The number of benzene rings is 2. The number of aromatic hydroxyl groups is 1. The van der Waals surface area contributed by atoms with Crippen molar-refractivity contribution in [1.29, 1.82) is 0 Å². The lowest BCUT2D eigenvalue weighted by Crippen LogP contribution is -2.08. The Morgan fingerprint density at radius 3 is 1.92 bits per heavy atom. The van der Waals surface area contributed by atoms with Gasteiger partial charge in [-0.05, 0) is 24.3 Å². The largest absolute Gasteiger partial charge is 0.507 e. The maximum Gasteiger partial charge on any atom is 0.347 e. The van der Waals surface area contributed by atoms with Gasteiger partial charge in [0.15, 0.2) is 0 Å². The molecule has 0 heterocycles. The standard InChI is InChI=1S/C13H10O3.C8H18/c14-12-9-5-4-8-11(12)13(15)16-10-6-2-1-3-7-10;1-3-5-7-8-6-4-2/h1-9,14H;3-8H2,1-2H3. The summed E-state index contributed by atoms with van der Waals surface area (Å²) in [6.45, 7) is 4.51. The Hall–Kier alpha value is -2.29. The summed E-state index contributed by atoms with van der Waals surface area (Å²) in [6, 6.07) is 15.0. The average Bonchev–Trinajstić information content (AvgIpc) is 2.60. The lowest BCUT2D eigenvalue weighted by molar-refractivity contribution is 0.0731. The van der Waals surface area contributed by atoms with Crippen LogP contribution in [-0.4, -0.2) is 11.1 Å². The highest BCUT2D eigenvalue weighted by atomic mass is 16.5. The van der Waals surface area contributed by atoms with Crippen LogP contribution in [0.15, 0.2) is 54.6 Å². The van der Waals surface area contributed by atoms with Gasteiger partial charge in [0.1, 0.15) is 17.1 Å². The van der Waals surface area contributed by atoms with Crippen LogP contribution in [0.1, 0.15) is 62.7 Å². The van der Waals surface area contributed by atoms with E-state index in [0.717, 1.165) is 0 Å². The van der Waals surface area contributed by atoms with Crippen molar-refractivity contribution in [3.8, 4) is 11.5 Å². The number of phenols is 1. The third kappa shape index (κ3) is 7.82. The van der Waals surface area contributed by atoms with Crippen molar-refractivity contribution in [3.63, 3.8) is 0 Å². The maximum atomic E-state index is 11.7. The Morgan fingerprint density at radius 2 is 1.38 bits per heavy atom. The monoisotopic (exact) mass is 328 g/mol. The lowest BCUT2D eigenvalue weighted by Gasteiger charge is -2.04. The van der Waals surface area contributed by atoms with Gasteiger partial charge in [-0.2, -0.15) is 0 Å². The van der Waals surface area contributed by atoms with Crippen molar-refractivity contribution in [2.45, 2.75) is 52.4 Å². The fraction of sp³-hybridized carbons (Fsp3) is 0.381. The highest BCUT2D eigenvalue weighted by Crippen LogP contribution is 2.18. The SMILES string of the molecule is CCCCCCCC.O=C(Oc1ccccc1)c1ccccc1O. The Bertz CT molecular complexity index is 573. The molecule has 3 heteroatoms. The molecule has 0 atom stereocenters. The summed E-state index contributed by atoms with van der Waals surface area (Å²) in [4.78, 5) is 11.7. The summed E-state index contributed by atoms with van der Waals surface area (Å²) >= 11 is 0. The van der Waals surface area contributed by atoms with E-state index in [2.05, 4.69) is 13.8 Å². The molecule has 0 fully saturated rings. The van der Waals surface area contributed by atoms with Crippen molar-refractivity contribution in [1.82, 2.24) is 0 Å². The molecule has 130 valence electrons. The van der Waals surface area contributed by atoms with Crippen LogP contribution in [0.3, 0.4) is 0 Å². The zero-order valence-electron chi connectivity index (χ0n) is 14.7. The van der Waals surface area contributed by atoms with Crippen molar-refractivity contribution >= 4 is 5.97 Å². The quantitative estimate of drug-likeness (QED) is 0.386. The van der Waals surface area contributed by atoms with Crippen LogP contribution in [0.4, 0.5) is 0 Å². The number of carbonyl (C=O) groups excluding carboxylic acids is 1. The van der Waals surface area contributed by atoms with Gasteiger partial charge in [0.05, 0.1) is 0 Å². The molecule has 2 rings (SSSR count). The van der Waals surface area contributed by atoms with E-state index in [1.807, 2.05) is 6.07 Å². The normalized spacial score (nSPS) is 9.75. The molecule has 0 spiro atoms. The van der Waals surface area contributed by atoms with Gasteiger partial charge in [0.25, 0.3) is 0 Å². The maximum absolute atomic E-state index is 11.7. The van der Waals surface area contributed by atoms with Gasteiger partial charge in [-0.25, -0.2) is 4.79 Å². The minimum absolute atomic E-state index is 0.0802. The second kappa shape index (κ2) is 12.2. The molecular formula is C21H28O3. The molecular weight excluding hydrogens is 300 g/mol. The molecule has 3 nitrogen and oxygen atoms in total. The molecule has 0 bridgehead atoms. The van der Waals surface area contributed by atoms with Gasteiger partial charge in [-0.1, -0.05) is 82.7 Å². The summed E-state index contributed by atoms with van der Waals surface area (Å²) in [6.07, 6.45) is 8.49. The molecule has 0 saturated heterocycles. The number of hydrogen-bond acceptors (Lipinski definition) is 3. The third-order valence-corrected chi connectivity index (χ3v) is 3.53. The second-order valence-corrected chi connectivity index (χ2v) is 5.63. The Morgan fingerprint density at radius 1 is 0.833 bits per heavy atom. The minimum atomic E-state index is -0.565. The molecule has 1 N–H and O–H groups in total. The topological polar surface area (TPSA) is 46.5 Å². The van der Waals surface area contributed by atoms with Gasteiger partial charge in [-0.15, -0.1) is 0 Å². The highest BCUT2D eigenvalue weighted by Gasteiger charge is 2.12. The van der Waals surface area contributed by atoms with E-state index in [9.17, 15) is 9.90 Å². The zero-order chi connectivity index (χ0) is 17.6. The molecule has 0 saturated carbocycles. The van der Waals surface area contributed by atoms with Crippen LogP contribution in [-0.2, 0) is 0 Å². The number of phenolic OH excluding ortho intramolecular Hbond substituents is 1. The molecule has 0 aliphatic rings. The van der Waals surface area contributed by atoms with Gasteiger partial charge in [-0.3, -0.25) is 0 Å². The zero-order valence-corrected chi connectivity index (χ0v) is 14.7. The predicted molar refractivity (Wildman–Crippen MR) is 98.6 cm³/mol. The Labute approximate surface area is 145 Å². The van der Waals surface area contributed by atoms with Crippen LogP contribution in [0.2, 0.25) is 0 Å². The van der Waals surface area contributed by atoms with E-state index in [1.54, 1.807) is 36.4 Å². The fourth-order valence-electron chi connectivity index (χ4n) is 2.15. The number of carbonyl (C=O) groups is 1. The first-order valence-electron chi connectivity index (χ1n) is 8.74. The first-order chi connectivity index (χ1) is 11.7. The van der Waals surface area contributed by atoms with E-state index >= 15 is 0 Å². The average molecular weight is 328 g/mol. The van der Waals surface area contributed by atoms with E-state index in [1.165, 1.54) is 50.7 Å². The summed E-state index contributed by atoms with van der Waals surface area (Å²) in [7, 11) is 0. The molecule has 0 radical (unpaired) electrons. The number of esters is 1. The number of para-hydroxylation sites is 2. The first kappa shape index (κ1) is 19.8. The summed E-state index contributed by atoms with van der Waals surface area (Å²) in [5.41, 5.74) is 0.159. The summed E-state index contributed by atoms with van der Waals surface area (Å²) in [5, 5.41) is 9.46. The highest BCUT2D eigenvalue weighted by molar-refractivity contribution is 5.93. The fourth-order valence-corrected chi connectivity index (χ4v) is 2.15. The Balaban J connectivity index is 0.000000307. The molecule has 2 aromatic rings. The van der Waals surface area contributed by atoms with Gasteiger partial charge < -0.3 is 9.84 Å². The van der Waals surface area contributed by atoms with Crippen LogP contribution in [0, 0.1) is 0 Å². The molecule has 2 aromatic carbocycles. The van der Waals surface area contributed by atoms with Crippen LogP contribution < -0.4 is 4.74 Å². The lowest BCUT2D eigenvalue weighted by atomic mass is 10.1. The number of rotatable bonds is 7. The van der Waals surface area contributed by atoms with Gasteiger partial charge in [0, 0.05) is 0 Å². The summed E-state index contributed by atoms with van der Waals surface area (Å²) in [5.74, 6) is -0.191. The molecule has 0 unspecified atom stereocenters. The van der Waals surface area contributed by atoms with Gasteiger partial charge in [0.2, 0.25) is 0 Å². The van der Waals surface area contributed by atoms with Crippen molar-refractivity contribution in [3.05, 3.63) is 60.2 Å². The van der Waals surface area contributed by atoms with E-state index in [0.29, 0.717) is 5.75 Å². The van der Waals surface area contributed by atoms with Crippen LogP contribution in [0.25, 0.3) is 0 Å². The smallest absolute Gasteiger partial charge is 0.347 e. The van der Waals surface area contributed by atoms with Crippen molar-refractivity contribution in [2.75, 3.05) is 0 Å². The number of hydrogen-bond donors (Lipinski definition) is 1. The molecule has 0 aromatic heterocycles. The van der Waals surface area contributed by atoms with E-state index < -0.39 is 5.97 Å². The van der Waals surface area contributed by atoms with E-state index in [4.69, 9.17) is 4.74 Å². The molecule has 24 heavy (non-hydrogen) atoms.